The molecule has 0 fully saturated rings. The molecule has 0 atom stereocenters. The van der Waals surface area contributed by atoms with E-state index in [9.17, 15) is 12.8 Å². The fraction of sp³-hybridized carbons (Fsp3) is 0.333. The van der Waals surface area contributed by atoms with Crippen molar-refractivity contribution in [3.63, 3.8) is 0 Å². The number of benzene rings is 2. The van der Waals surface area contributed by atoms with Gasteiger partial charge in [0.25, 0.3) is 0 Å². The number of halogens is 1. The molecule has 26 heavy (non-hydrogen) atoms. The van der Waals surface area contributed by atoms with Gasteiger partial charge in [0.2, 0.25) is 10.0 Å². The lowest BCUT2D eigenvalue weighted by atomic mass is 10.3. The first-order chi connectivity index (χ1) is 12.5. The summed E-state index contributed by atoms with van der Waals surface area (Å²) in [6.07, 6.45) is 0. The lowest BCUT2D eigenvalue weighted by Gasteiger charge is -2.10. The molecule has 0 saturated heterocycles. The molecule has 0 aliphatic heterocycles. The molecule has 0 saturated carbocycles. The number of sulfonamides is 1. The van der Waals surface area contributed by atoms with Crippen LogP contribution < -0.4 is 18.9 Å². The number of hydrogen-bond donors (Lipinski definition) is 1. The highest BCUT2D eigenvalue weighted by atomic mass is 32.2. The summed E-state index contributed by atoms with van der Waals surface area (Å²) in [7, 11) is -3.48. The molecule has 0 aliphatic rings. The molecular formula is C18H22FNO5S. The second kappa shape index (κ2) is 9.98. The molecule has 1 N–H and O–H groups in total. The minimum absolute atomic E-state index is 0.0271. The molecule has 0 unspecified atom stereocenters. The van der Waals surface area contributed by atoms with Crippen LogP contribution in [0.25, 0.3) is 0 Å². The Hall–Kier alpha value is -2.32. The van der Waals surface area contributed by atoms with E-state index in [1.54, 1.807) is 24.3 Å². The van der Waals surface area contributed by atoms with Gasteiger partial charge in [-0.25, -0.2) is 17.5 Å². The Morgan fingerprint density at radius 1 is 0.846 bits per heavy atom. The predicted octanol–water partition coefficient (Wildman–Crippen LogP) is 2.60. The maximum Gasteiger partial charge on any atom is 0.215 e. The second-order valence-corrected chi connectivity index (χ2v) is 7.19. The van der Waals surface area contributed by atoms with Crippen LogP contribution >= 0.6 is 0 Å². The van der Waals surface area contributed by atoms with E-state index < -0.39 is 10.0 Å². The largest absolute Gasteiger partial charge is 0.494 e. The van der Waals surface area contributed by atoms with Crippen LogP contribution in [0.3, 0.4) is 0 Å². The Labute approximate surface area is 152 Å². The molecule has 2 aromatic rings. The molecule has 8 heteroatoms. The fourth-order valence-corrected chi connectivity index (χ4v) is 2.88. The molecule has 2 aromatic carbocycles. The summed E-state index contributed by atoms with van der Waals surface area (Å²) in [5, 5.41) is 0. The number of hydrogen-bond acceptors (Lipinski definition) is 5. The molecular weight excluding hydrogens is 361 g/mol. The van der Waals surface area contributed by atoms with E-state index in [2.05, 4.69) is 4.72 Å². The van der Waals surface area contributed by atoms with Crippen LogP contribution in [-0.4, -0.2) is 40.5 Å². The van der Waals surface area contributed by atoms with E-state index in [0.717, 1.165) is 5.75 Å². The Morgan fingerprint density at radius 3 is 1.92 bits per heavy atom. The van der Waals surface area contributed by atoms with Gasteiger partial charge in [-0.05, 0) is 55.5 Å². The maximum absolute atomic E-state index is 12.8. The van der Waals surface area contributed by atoms with Gasteiger partial charge in [0.1, 0.15) is 36.3 Å². The Kier molecular flexibility index (Phi) is 7.68. The standard InChI is InChI=1S/C18H22FNO5S/c1-2-23-16-7-9-18(10-8-16)24-12-11-20-26(21,22)14-13-25-17-5-3-15(19)4-6-17/h3-10,20H,2,11-14H2,1H3. The van der Waals surface area contributed by atoms with Gasteiger partial charge in [-0.3, -0.25) is 0 Å². The lowest BCUT2D eigenvalue weighted by molar-refractivity contribution is 0.318. The Morgan fingerprint density at radius 2 is 1.35 bits per heavy atom. The van der Waals surface area contributed by atoms with E-state index in [1.165, 1.54) is 24.3 Å². The third-order valence-electron chi connectivity index (χ3n) is 3.26. The minimum atomic E-state index is -3.48. The van der Waals surface area contributed by atoms with Gasteiger partial charge in [0.15, 0.2) is 0 Å². The maximum atomic E-state index is 12.8. The quantitative estimate of drug-likeness (QED) is 0.604. The molecule has 0 aromatic heterocycles. The first kappa shape index (κ1) is 20.0. The molecule has 142 valence electrons. The van der Waals surface area contributed by atoms with Crippen LogP contribution in [0.4, 0.5) is 4.39 Å². The molecule has 0 amide bonds. The normalized spacial score (nSPS) is 11.2. The topological polar surface area (TPSA) is 73.9 Å². The third-order valence-corrected chi connectivity index (χ3v) is 4.61. The van der Waals surface area contributed by atoms with Crippen LogP contribution in [0.2, 0.25) is 0 Å². The van der Waals surface area contributed by atoms with Gasteiger partial charge in [-0.1, -0.05) is 0 Å². The van der Waals surface area contributed by atoms with Crippen LogP contribution in [0, 0.1) is 5.82 Å². The second-order valence-electron chi connectivity index (χ2n) is 5.27. The zero-order chi connectivity index (χ0) is 18.8. The molecule has 0 spiro atoms. The molecule has 2 rings (SSSR count). The monoisotopic (exact) mass is 383 g/mol. The highest BCUT2D eigenvalue weighted by Crippen LogP contribution is 2.17. The van der Waals surface area contributed by atoms with Crippen LogP contribution in [0.5, 0.6) is 17.2 Å². The zero-order valence-corrected chi connectivity index (χ0v) is 15.3. The summed E-state index contributed by atoms with van der Waals surface area (Å²) in [4.78, 5) is 0. The van der Waals surface area contributed by atoms with Crippen molar-refractivity contribution in [2.24, 2.45) is 0 Å². The smallest absolute Gasteiger partial charge is 0.215 e. The summed E-state index contributed by atoms with van der Waals surface area (Å²) in [5.41, 5.74) is 0. The summed E-state index contributed by atoms with van der Waals surface area (Å²) in [5.74, 6) is 1.22. The van der Waals surface area contributed by atoms with Crippen molar-refractivity contribution in [2.75, 3.05) is 32.1 Å². The molecule has 0 heterocycles. The summed E-state index contributed by atoms with van der Waals surface area (Å²) in [6.45, 7) is 2.81. The van der Waals surface area contributed by atoms with Crippen molar-refractivity contribution in [1.29, 1.82) is 0 Å². The van der Waals surface area contributed by atoms with E-state index in [-0.39, 0.29) is 31.3 Å². The van der Waals surface area contributed by atoms with E-state index >= 15 is 0 Å². The first-order valence-electron chi connectivity index (χ1n) is 8.20. The van der Waals surface area contributed by atoms with Gasteiger partial charge in [-0.2, -0.15) is 0 Å². The number of ether oxygens (including phenoxy) is 3. The lowest BCUT2D eigenvalue weighted by Crippen LogP contribution is -2.32. The summed E-state index contributed by atoms with van der Waals surface area (Å²) < 4.78 is 55.0. The van der Waals surface area contributed by atoms with E-state index in [1.807, 2.05) is 6.92 Å². The highest BCUT2D eigenvalue weighted by molar-refractivity contribution is 7.89. The molecule has 0 radical (unpaired) electrons. The van der Waals surface area contributed by atoms with Crippen LogP contribution in [0.1, 0.15) is 6.92 Å². The molecule has 0 bridgehead atoms. The number of nitrogens with one attached hydrogen (secondary N) is 1. The average molecular weight is 383 g/mol. The number of rotatable bonds is 11. The molecule has 6 nitrogen and oxygen atoms in total. The Balaban J connectivity index is 1.65. The van der Waals surface area contributed by atoms with Crippen molar-refractivity contribution < 1.29 is 27.0 Å². The van der Waals surface area contributed by atoms with Crippen molar-refractivity contribution in [3.05, 3.63) is 54.3 Å². The van der Waals surface area contributed by atoms with Crippen molar-refractivity contribution in [2.45, 2.75) is 6.92 Å². The van der Waals surface area contributed by atoms with Gasteiger partial charge < -0.3 is 14.2 Å². The van der Waals surface area contributed by atoms with Crippen molar-refractivity contribution in [3.8, 4) is 17.2 Å². The van der Waals surface area contributed by atoms with Gasteiger partial charge in [0.05, 0.1) is 12.4 Å². The average Bonchev–Trinajstić information content (AvgIpc) is 2.62. The third kappa shape index (κ3) is 7.28. The minimum Gasteiger partial charge on any atom is -0.494 e. The fourth-order valence-electron chi connectivity index (χ4n) is 2.04. The van der Waals surface area contributed by atoms with Gasteiger partial charge in [0, 0.05) is 6.54 Å². The van der Waals surface area contributed by atoms with Gasteiger partial charge in [-0.15, -0.1) is 0 Å². The molecule has 0 aliphatic carbocycles. The Bertz CT molecular complexity index is 763. The summed E-state index contributed by atoms with van der Waals surface area (Å²) in [6, 6.07) is 12.5. The zero-order valence-electron chi connectivity index (χ0n) is 14.5. The van der Waals surface area contributed by atoms with Gasteiger partial charge >= 0.3 is 0 Å². The van der Waals surface area contributed by atoms with Crippen molar-refractivity contribution in [1.82, 2.24) is 4.72 Å². The first-order valence-corrected chi connectivity index (χ1v) is 9.85. The highest BCUT2D eigenvalue weighted by Gasteiger charge is 2.10. The van der Waals surface area contributed by atoms with Crippen LogP contribution in [0.15, 0.2) is 48.5 Å². The predicted molar refractivity (Wildman–Crippen MR) is 96.8 cm³/mol. The van der Waals surface area contributed by atoms with E-state index in [4.69, 9.17) is 14.2 Å². The SMILES string of the molecule is CCOc1ccc(OCCNS(=O)(=O)CCOc2ccc(F)cc2)cc1. The van der Waals surface area contributed by atoms with Crippen LogP contribution in [-0.2, 0) is 10.0 Å². The summed E-state index contributed by atoms with van der Waals surface area (Å²) >= 11 is 0. The van der Waals surface area contributed by atoms with Crippen molar-refractivity contribution >= 4 is 10.0 Å². The van der Waals surface area contributed by atoms with E-state index in [0.29, 0.717) is 18.1 Å².